The molecule has 2 heteroatoms. The van der Waals surface area contributed by atoms with Gasteiger partial charge in [0.1, 0.15) is 0 Å². The first kappa shape index (κ1) is 15.2. The molecule has 0 aromatic heterocycles. The third-order valence-corrected chi connectivity index (χ3v) is 5.05. The lowest BCUT2D eigenvalue weighted by Crippen LogP contribution is -2.29. The number of nitrogens with one attached hydrogen (secondary N) is 2. The van der Waals surface area contributed by atoms with E-state index < -0.39 is 0 Å². The third kappa shape index (κ3) is 3.60. The van der Waals surface area contributed by atoms with Crippen molar-refractivity contribution >= 4 is 16.5 Å². The molecule has 0 heterocycles. The van der Waals surface area contributed by atoms with E-state index in [1.54, 1.807) is 0 Å². The molecule has 0 saturated heterocycles. The zero-order chi connectivity index (χ0) is 16.2. The Morgan fingerprint density at radius 2 is 1.50 bits per heavy atom. The lowest BCUT2D eigenvalue weighted by Gasteiger charge is -2.18. The minimum absolute atomic E-state index is 0.431. The molecule has 0 bridgehead atoms. The normalized spacial score (nSPS) is 15.3. The van der Waals surface area contributed by atoms with Gasteiger partial charge in [-0.2, -0.15) is 0 Å². The highest BCUT2D eigenvalue weighted by atomic mass is 15.0. The summed E-state index contributed by atoms with van der Waals surface area (Å²) in [6, 6.07) is 25.8. The monoisotopic (exact) mass is 316 g/mol. The first-order valence-electron chi connectivity index (χ1n) is 8.80. The summed E-state index contributed by atoms with van der Waals surface area (Å²) in [4.78, 5) is 0. The van der Waals surface area contributed by atoms with Gasteiger partial charge in [0.05, 0.1) is 0 Å². The fourth-order valence-corrected chi connectivity index (χ4v) is 3.25. The summed E-state index contributed by atoms with van der Waals surface area (Å²) in [5.74, 6) is 0. The van der Waals surface area contributed by atoms with Crippen LogP contribution in [-0.4, -0.2) is 13.1 Å². The summed E-state index contributed by atoms with van der Waals surface area (Å²) < 4.78 is 0. The molecule has 0 unspecified atom stereocenters. The number of fused-ring (bicyclic) bond motifs is 1. The van der Waals surface area contributed by atoms with Gasteiger partial charge in [0.25, 0.3) is 0 Å². The van der Waals surface area contributed by atoms with E-state index in [4.69, 9.17) is 0 Å². The van der Waals surface area contributed by atoms with Crippen molar-refractivity contribution in [2.45, 2.75) is 19.4 Å². The van der Waals surface area contributed by atoms with Gasteiger partial charge in [-0.15, -0.1) is 0 Å². The van der Waals surface area contributed by atoms with Crippen LogP contribution in [0, 0.1) is 5.41 Å². The van der Waals surface area contributed by atoms with Gasteiger partial charge in [-0.1, -0.05) is 60.7 Å². The number of hydrogen-bond donors (Lipinski definition) is 2. The Bertz CT molecular complexity index is 806. The van der Waals surface area contributed by atoms with Crippen molar-refractivity contribution in [3.05, 3.63) is 78.4 Å². The van der Waals surface area contributed by atoms with E-state index in [9.17, 15) is 0 Å². The van der Waals surface area contributed by atoms with Gasteiger partial charge >= 0.3 is 0 Å². The van der Waals surface area contributed by atoms with Gasteiger partial charge in [-0.05, 0) is 41.3 Å². The number of hydrogen-bond acceptors (Lipinski definition) is 2. The molecule has 4 rings (SSSR count). The Morgan fingerprint density at radius 3 is 2.29 bits per heavy atom. The second-order valence-electron chi connectivity index (χ2n) is 7.00. The molecule has 3 aromatic rings. The van der Waals surface area contributed by atoms with Crippen molar-refractivity contribution in [3.8, 4) is 0 Å². The summed E-state index contributed by atoms with van der Waals surface area (Å²) in [7, 11) is 0. The molecule has 0 aliphatic heterocycles. The van der Waals surface area contributed by atoms with Crippen LogP contribution < -0.4 is 10.6 Å². The van der Waals surface area contributed by atoms with Crippen LogP contribution in [0.5, 0.6) is 0 Å². The molecular weight excluding hydrogens is 292 g/mol. The average molecular weight is 316 g/mol. The molecule has 0 radical (unpaired) electrons. The first-order chi connectivity index (χ1) is 11.8. The Balaban J connectivity index is 1.31. The first-order valence-corrected chi connectivity index (χ1v) is 8.80. The standard InChI is InChI=1S/C22H24N2/c1-2-6-18(7-3-1)15-23-16-22(12-13-22)17-24-21-11-10-19-8-4-5-9-20(19)14-21/h1-11,14,23-24H,12-13,15-17H2. The summed E-state index contributed by atoms with van der Waals surface area (Å²) >= 11 is 0. The van der Waals surface area contributed by atoms with E-state index in [0.717, 1.165) is 19.6 Å². The van der Waals surface area contributed by atoms with Crippen molar-refractivity contribution in [1.82, 2.24) is 5.32 Å². The van der Waals surface area contributed by atoms with Gasteiger partial charge in [0, 0.05) is 30.7 Å². The molecule has 24 heavy (non-hydrogen) atoms. The van der Waals surface area contributed by atoms with Crippen LogP contribution in [0.3, 0.4) is 0 Å². The number of anilines is 1. The second kappa shape index (κ2) is 6.66. The summed E-state index contributed by atoms with van der Waals surface area (Å²) in [6.45, 7) is 3.09. The van der Waals surface area contributed by atoms with Crippen LogP contribution in [0.25, 0.3) is 10.8 Å². The minimum Gasteiger partial charge on any atom is -0.384 e. The largest absolute Gasteiger partial charge is 0.384 e. The maximum absolute atomic E-state index is 3.65. The molecule has 0 spiro atoms. The Hall–Kier alpha value is -2.32. The van der Waals surface area contributed by atoms with Gasteiger partial charge < -0.3 is 10.6 Å². The lowest BCUT2D eigenvalue weighted by molar-refractivity contribution is 0.479. The van der Waals surface area contributed by atoms with E-state index in [1.165, 1.54) is 34.9 Å². The van der Waals surface area contributed by atoms with Crippen LogP contribution in [-0.2, 0) is 6.54 Å². The highest BCUT2D eigenvalue weighted by Gasteiger charge is 2.41. The van der Waals surface area contributed by atoms with Crippen molar-refractivity contribution in [2.75, 3.05) is 18.4 Å². The molecule has 1 fully saturated rings. The van der Waals surface area contributed by atoms with Crippen molar-refractivity contribution in [1.29, 1.82) is 0 Å². The van der Waals surface area contributed by atoms with Crippen LogP contribution in [0.15, 0.2) is 72.8 Å². The highest BCUT2D eigenvalue weighted by molar-refractivity contribution is 5.85. The predicted molar refractivity (Wildman–Crippen MR) is 102 cm³/mol. The zero-order valence-electron chi connectivity index (χ0n) is 14.0. The fraction of sp³-hybridized carbons (Fsp3) is 0.273. The molecule has 1 aliphatic carbocycles. The summed E-state index contributed by atoms with van der Waals surface area (Å²) in [6.07, 6.45) is 2.63. The minimum atomic E-state index is 0.431. The van der Waals surface area contributed by atoms with Crippen LogP contribution in [0.2, 0.25) is 0 Å². The molecule has 2 nitrogen and oxygen atoms in total. The molecule has 2 N–H and O–H groups in total. The lowest BCUT2D eigenvalue weighted by atomic mass is 10.1. The maximum atomic E-state index is 3.65. The van der Waals surface area contributed by atoms with E-state index in [0.29, 0.717) is 5.41 Å². The zero-order valence-corrected chi connectivity index (χ0v) is 14.0. The number of rotatable bonds is 7. The molecular formula is C22H24N2. The smallest absolute Gasteiger partial charge is 0.0346 e. The van der Waals surface area contributed by atoms with Crippen molar-refractivity contribution in [2.24, 2.45) is 5.41 Å². The van der Waals surface area contributed by atoms with Gasteiger partial charge in [0.15, 0.2) is 0 Å². The topological polar surface area (TPSA) is 24.1 Å². The quantitative estimate of drug-likeness (QED) is 0.653. The molecule has 0 atom stereocenters. The molecule has 1 aliphatic rings. The van der Waals surface area contributed by atoms with Gasteiger partial charge in [-0.3, -0.25) is 0 Å². The van der Waals surface area contributed by atoms with Crippen molar-refractivity contribution < 1.29 is 0 Å². The van der Waals surface area contributed by atoms with Crippen LogP contribution in [0.1, 0.15) is 18.4 Å². The van der Waals surface area contributed by atoms with E-state index in [-0.39, 0.29) is 0 Å². The third-order valence-electron chi connectivity index (χ3n) is 5.05. The molecule has 122 valence electrons. The predicted octanol–water partition coefficient (Wildman–Crippen LogP) is 4.82. The van der Waals surface area contributed by atoms with Crippen molar-refractivity contribution in [3.63, 3.8) is 0 Å². The van der Waals surface area contributed by atoms with Crippen LogP contribution in [0.4, 0.5) is 5.69 Å². The number of benzene rings is 3. The maximum Gasteiger partial charge on any atom is 0.0346 e. The summed E-state index contributed by atoms with van der Waals surface area (Å²) in [5.41, 5.74) is 3.01. The highest BCUT2D eigenvalue weighted by Crippen LogP contribution is 2.45. The van der Waals surface area contributed by atoms with E-state index in [1.807, 2.05) is 0 Å². The van der Waals surface area contributed by atoms with Gasteiger partial charge in [0.2, 0.25) is 0 Å². The Morgan fingerprint density at radius 1 is 0.750 bits per heavy atom. The molecule has 1 saturated carbocycles. The summed E-state index contributed by atoms with van der Waals surface area (Å²) in [5, 5.41) is 9.88. The molecule has 3 aromatic carbocycles. The SMILES string of the molecule is c1ccc(CNCC2(CNc3ccc4ccccc4c3)CC2)cc1. The fourth-order valence-electron chi connectivity index (χ4n) is 3.25. The Kier molecular flexibility index (Phi) is 4.22. The molecule has 0 amide bonds. The average Bonchev–Trinajstić information content (AvgIpc) is 3.41. The van der Waals surface area contributed by atoms with Gasteiger partial charge in [-0.25, -0.2) is 0 Å². The van der Waals surface area contributed by atoms with E-state index >= 15 is 0 Å². The van der Waals surface area contributed by atoms with E-state index in [2.05, 4.69) is 83.4 Å². The Labute approximate surface area is 143 Å². The second-order valence-corrected chi connectivity index (χ2v) is 7.00. The van der Waals surface area contributed by atoms with Crippen LogP contribution >= 0.6 is 0 Å².